The van der Waals surface area contributed by atoms with Gasteiger partial charge in [-0.15, -0.1) is 10.2 Å². The van der Waals surface area contributed by atoms with E-state index in [9.17, 15) is 0 Å². The van der Waals surface area contributed by atoms with Crippen molar-refractivity contribution in [2.75, 3.05) is 38.3 Å². The Bertz CT molecular complexity index is 997. The van der Waals surface area contributed by atoms with Crippen LogP contribution in [0.2, 0.25) is 0 Å². The summed E-state index contributed by atoms with van der Waals surface area (Å²) in [6, 6.07) is 5.61. The Kier molecular flexibility index (Phi) is 5.70. The smallest absolute Gasteiger partial charge is 0.233 e. The molecule has 3 aromatic heterocycles. The van der Waals surface area contributed by atoms with Crippen LogP contribution < -0.4 is 19.1 Å². The van der Waals surface area contributed by atoms with Crippen LogP contribution in [-0.2, 0) is 4.74 Å². The summed E-state index contributed by atoms with van der Waals surface area (Å²) in [5.41, 5.74) is 1.82. The van der Waals surface area contributed by atoms with Crippen LogP contribution in [0.1, 0.15) is 25.7 Å². The number of hydrogen-bond acceptors (Lipinski definition) is 9. The summed E-state index contributed by atoms with van der Waals surface area (Å²) < 4.78 is 24.7. The Hall–Kier alpha value is -3.14. The minimum Gasteiger partial charge on any atom is -0.486 e. The van der Waals surface area contributed by atoms with Crippen LogP contribution in [0.5, 0.6) is 17.5 Å². The van der Waals surface area contributed by atoms with Crippen molar-refractivity contribution in [1.82, 2.24) is 24.8 Å². The molecular weight excluding hydrogens is 400 g/mol. The molecule has 2 fully saturated rings. The molecule has 0 atom stereocenters. The molecule has 0 spiro atoms. The van der Waals surface area contributed by atoms with Gasteiger partial charge in [0.05, 0.1) is 38.3 Å². The molecule has 0 aromatic carbocycles. The van der Waals surface area contributed by atoms with Crippen LogP contribution >= 0.6 is 0 Å². The number of ether oxygens (including phenoxy) is 4. The summed E-state index contributed by atoms with van der Waals surface area (Å²) >= 11 is 0. The van der Waals surface area contributed by atoms with Gasteiger partial charge in [-0.05, 0) is 25.7 Å². The summed E-state index contributed by atoms with van der Waals surface area (Å²) in [6.45, 7) is 3.18. The number of pyridine rings is 1. The SMILES string of the molecule is COc1ccc(OC2CCC(Oc3cc(N4CCOCC4)cn4ncnc34)CC2)nn1. The molecule has 5 rings (SSSR count). The third kappa shape index (κ3) is 4.48. The standard InChI is InChI=1S/C21H26N6O4/c1-28-19-6-7-20(25-24-19)31-17-4-2-16(3-5-17)30-18-12-15(26-8-10-29-11-9-26)13-27-21(18)22-14-23-27/h6-7,12-14,16-17H,2-5,8-11H2,1H3. The molecule has 3 aromatic rings. The molecule has 1 saturated heterocycles. The highest BCUT2D eigenvalue weighted by Gasteiger charge is 2.25. The summed E-state index contributed by atoms with van der Waals surface area (Å²) in [4.78, 5) is 6.68. The molecule has 4 heterocycles. The lowest BCUT2D eigenvalue weighted by Gasteiger charge is -2.31. The first-order chi connectivity index (χ1) is 15.3. The predicted molar refractivity (Wildman–Crippen MR) is 112 cm³/mol. The second kappa shape index (κ2) is 8.93. The molecule has 10 nitrogen and oxygen atoms in total. The van der Waals surface area contributed by atoms with Gasteiger partial charge < -0.3 is 23.8 Å². The number of fused-ring (bicyclic) bond motifs is 1. The van der Waals surface area contributed by atoms with Crippen LogP contribution in [0.3, 0.4) is 0 Å². The molecule has 1 saturated carbocycles. The van der Waals surface area contributed by atoms with E-state index in [-0.39, 0.29) is 12.2 Å². The van der Waals surface area contributed by atoms with E-state index in [1.54, 1.807) is 30.1 Å². The van der Waals surface area contributed by atoms with Gasteiger partial charge in [0.15, 0.2) is 11.4 Å². The molecule has 0 amide bonds. The van der Waals surface area contributed by atoms with Gasteiger partial charge in [-0.25, -0.2) is 9.50 Å². The highest BCUT2D eigenvalue weighted by atomic mass is 16.5. The molecule has 10 heteroatoms. The van der Waals surface area contributed by atoms with Gasteiger partial charge in [-0.2, -0.15) is 5.10 Å². The van der Waals surface area contributed by atoms with E-state index in [1.807, 2.05) is 6.20 Å². The molecular formula is C21H26N6O4. The van der Waals surface area contributed by atoms with Crippen molar-refractivity contribution in [2.24, 2.45) is 0 Å². The van der Waals surface area contributed by atoms with Gasteiger partial charge in [0, 0.05) is 31.3 Å². The van der Waals surface area contributed by atoms with Gasteiger partial charge in [0.25, 0.3) is 0 Å². The van der Waals surface area contributed by atoms with Gasteiger partial charge in [-0.3, -0.25) is 0 Å². The lowest BCUT2D eigenvalue weighted by molar-refractivity contribution is 0.0777. The monoisotopic (exact) mass is 426 g/mol. The van der Waals surface area contributed by atoms with Gasteiger partial charge in [0.1, 0.15) is 12.4 Å². The zero-order chi connectivity index (χ0) is 21.0. The van der Waals surface area contributed by atoms with Crippen LogP contribution in [0.25, 0.3) is 5.65 Å². The third-order valence-corrected chi connectivity index (χ3v) is 5.73. The summed E-state index contributed by atoms with van der Waals surface area (Å²) in [5, 5.41) is 12.3. The van der Waals surface area contributed by atoms with Gasteiger partial charge in [-0.1, -0.05) is 0 Å². The van der Waals surface area contributed by atoms with E-state index >= 15 is 0 Å². The molecule has 31 heavy (non-hydrogen) atoms. The van der Waals surface area contributed by atoms with Crippen molar-refractivity contribution in [1.29, 1.82) is 0 Å². The first kappa shape index (κ1) is 19.8. The highest BCUT2D eigenvalue weighted by Crippen LogP contribution is 2.31. The largest absolute Gasteiger partial charge is 0.486 e. The summed E-state index contributed by atoms with van der Waals surface area (Å²) in [6.07, 6.45) is 7.37. The van der Waals surface area contributed by atoms with Crippen molar-refractivity contribution in [2.45, 2.75) is 37.9 Å². The number of morpholine rings is 1. The molecule has 0 radical (unpaired) electrons. The predicted octanol–water partition coefficient (Wildman–Crippen LogP) is 2.13. The lowest BCUT2D eigenvalue weighted by Crippen LogP contribution is -2.36. The fraction of sp³-hybridized carbons (Fsp3) is 0.524. The second-order valence-corrected chi connectivity index (χ2v) is 7.74. The van der Waals surface area contributed by atoms with Crippen molar-refractivity contribution in [3.63, 3.8) is 0 Å². The zero-order valence-electron chi connectivity index (χ0n) is 17.5. The van der Waals surface area contributed by atoms with Crippen LogP contribution in [0, 0.1) is 0 Å². The molecule has 0 N–H and O–H groups in total. The molecule has 0 unspecified atom stereocenters. The topological polar surface area (TPSA) is 96.1 Å². The van der Waals surface area contributed by atoms with E-state index < -0.39 is 0 Å². The normalized spacial score (nSPS) is 21.8. The zero-order valence-corrected chi connectivity index (χ0v) is 17.5. The van der Waals surface area contributed by atoms with Crippen molar-refractivity contribution in [3.05, 3.63) is 30.7 Å². The molecule has 164 valence electrons. The van der Waals surface area contributed by atoms with E-state index in [2.05, 4.69) is 31.2 Å². The minimum atomic E-state index is 0.107. The Morgan fingerprint density at radius 2 is 1.68 bits per heavy atom. The molecule has 2 aliphatic rings. The Morgan fingerprint density at radius 3 is 2.39 bits per heavy atom. The third-order valence-electron chi connectivity index (χ3n) is 5.73. The first-order valence-corrected chi connectivity index (χ1v) is 10.7. The van der Waals surface area contributed by atoms with Crippen LogP contribution in [0.15, 0.2) is 30.7 Å². The van der Waals surface area contributed by atoms with E-state index in [1.165, 1.54) is 0 Å². The number of methoxy groups -OCH3 is 1. The van der Waals surface area contributed by atoms with Gasteiger partial charge in [0.2, 0.25) is 11.8 Å². The fourth-order valence-corrected chi connectivity index (χ4v) is 4.06. The number of hydrogen-bond donors (Lipinski definition) is 0. The van der Waals surface area contributed by atoms with E-state index in [0.29, 0.717) is 11.8 Å². The first-order valence-electron chi connectivity index (χ1n) is 10.7. The molecule has 1 aliphatic heterocycles. The molecule has 0 bridgehead atoms. The quantitative estimate of drug-likeness (QED) is 0.587. The highest BCUT2D eigenvalue weighted by molar-refractivity contribution is 5.61. The van der Waals surface area contributed by atoms with E-state index in [0.717, 1.165) is 69.1 Å². The number of anilines is 1. The number of aromatic nitrogens is 5. The van der Waals surface area contributed by atoms with Crippen molar-refractivity contribution >= 4 is 11.3 Å². The lowest BCUT2D eigenvalue weighted by atomic mass is 9.95. The second-order valence-electron chi connectivity index (χ2n) is 7.74. The van der Waals surface area contributed by atoms with Crippen LogP contribution in [-0.4, -0.2) is 70.4 Å². The maximum atomic E-state index is 6.41. The Balaban J connectivity index is 1.23. The summed E-state index contributed by atoms with van der Waals surface area (Å²) in [7, 11) is 1.57. The van der Waals surface area contributed by atoms with Crippen molar-refractivity contribution in [3.8, 4) is 17.5 Å². The average Bonchev–Trinajstić information content (AvgIpc) is 3.31. The molecule has 1 aliphatic carbocycles. The van der Waals surface area contributed by atoms with Gasteiger partial charge >= 0.3 is 0 Å². The average molecular weight is 426 g/mol. The Labute approximate surface area is 180 Å². The summed E-state index contributed by atoms with van der Waals surface area (Å²) in [5.74, 6) is 1.77. The number of nitrogens with zero attached hydrogens (tertiary/aromatic N) is 6. The minimum absolute atomic E-state index is 0.107. The number of rotatable bonds is 6. The van der Waals surface area contributed by atoms with Crippen LogP contribution in [0.4, 0.5) is 5.69 Å². The Morgan fingerprint density at radius 1 is 0.968 bits per heavy atom. The maximum Gasteiger partial charge on any atom is 0.233 e. The van der Waals surface area contributed by atoms with E-state index in [4.69, 9.17) is 18.9 Å². The van der Waals surface area contributed by atoms with Crippen molar-refractivity contribution < 1.29 is 18.9 Å². The fourth-order valence-electron chi connectivity index (χ4n) is 4.06. The maximum absolute atomic E-state index is 6.41.